The standard InChI is InChI=1S/C11H13N3/c12-6-8-3-4-14-7-10(9-1-2-9)13-11(14)5-8/h3-5,7,9H,1-2,6,12H2. The molecule has 0 aliphatic heterocycles. The number of nitrogens with two attached hydrogens (primary N) is 1. The van der Waals surface area contributed by atoms with Crippen molar-refractivity contribution in [1.82, 2.24) is 9.38 Å². The minimum atomic E-state index is 0.585. The van der Waals surface area contributed by atoms with E-state index in [1.165, 1.54) is 18.5 Å². The summed E-state index contributed by atoms with van der Waals surface area (Å²) < 4.78 is 2.08. The average molecular weight is 187 g/mol. The van der Waals surface area contributed by atoms with E-state index in [1.54, 1.807) is 0 Å². The number of hydrogen-bond acceptors (Lipinski definition) is 2. The van der Waals surface area contributed by atoms with E-state index in [4.69, 9.17) is 5.73 Å². The summed E-state index contributed by atoms with van der Waals surface area (Å²) in [7, 11) is 0. The highest BCUT2D eigenvalue weighted by Gasteiger charge is 2.25. The summed E-state index contributed by atoms with van der Waals surface area (Å²) in [6.07, 6.45) is 6.77. The van der Waals surface area contributed by atoms with E-state index in [0.717, 1.165) is 17.1 Å². The predicted octanol–water partition coefficient (Wildman–Crippen LogP) is 1.67. The Hall–Kier alpha value is -1.35. The summed E-state index contributed by atoms with van der Waals surface area (Å²) in [5, 5.41) is 0. The molecule has 0 spiro atoms. The number of hydrogen-bond donors (Lipinski definition) is 1. The number of aromatic nitrogens is 2. The maximum absolute atomic E-state index is 5.58. The Balaban J connectivity index is 2.12. The molecule has 1 aliphatic carbocycles. The molecule has 72 valence electrons. The molecule has 0 atom stereocenters. The largest absolute Gasteiger partial charge is 0.326 e. The topological polar surface area (TPSA) is 43.3 Å². The van der Waals surface area contributed by atoms with Gasteiger partial charge in [-0.3, -0.25) is 0 Å². The molecule has 0 aromatic carbocycles. The summed E-state index contributed by atoms with van der Waals surface area (Å²) in [5.41, 5.74) is 8.99. The monoisotopic (exact) mass is 187 g/mol. The molecule has 2 N–H and O–H groups in total. The molecule has 3 heteroatoms. The quantitative estimate of drug-likeness (QED) is 0.777. The number of fused-ring (bicyclic) bond motifs is 1. The highest BCUT2D eigenvalue weighted by atomic mass is 15.0. The van der Waals surface area contributed by atoms with Crippen LogP contribution in [0.5, 0.6) is 0 Å². The van der Waals surface area contributed by atoms with Crippen LogP contribution in [0, 0.1) is 0 Å². The van der Waals surface area contributed by atoms with Crippen molar-refractivity contribution in [3.05, 3.63) is 35.8 Å². The molecule has 1 saturated carbocycles. The van der Waals surface area contributed by atoms with E-state index in [1.807, 2.05) is 12.3 Å². The number of imidazole rings is 1. The zero-order chi connectivity index (χ0) is 9.54. The second-order valence-electron chi connectivity index (χ2n) is 3.94. The van der Waals surface area contributed by atoms with Crippen molar-refractivity contribution < 1.29 is 0 Å². The van der Waals surface area contributed by atoms with Gasteiger partial charge in [-0.15, -0.1) is 0 Å². The van der Waals surface area contributed by atoms with Crippen molar-refractivity contribution in [3.63, 3.8) is 0 Å². The third kappa shape index (κ3) is 1.21. The van der Waals surface area contributed by atoms with Crippen molar-refractivity contribution in [3.8, 4) is 0 Å². The lowest BCUT2D eigenvalue weighted by molar-refractivity contribution is 1.05. The lowest BCUT2D eigenvalue weighted by atomic mass is 10.3. The van der Waals surface area contributed by atoms with Gasteiger partial charge in [-0.25, -0.2) is 4.98 Å². The first kappa shape index (κ1) is 8.00. The molecule has 0 unspecified atom stereocenters. The van der Waals surface area contributed by atoms with Gasteiger partial charge in [0.2, 0.25) is 0 Å². The number of rotatable bonds is 2. The molecule has 3 rings (SSSR count). The fraction of sp³-hybridized carbons (Fsp3) is 0.364. The Morgan fingerprint density at radius 2 is 2.36 bits per heavy atom. The van der Waals surface area contributed by atoms with Crippen molar-refractivity contribution in [1.29, 1.82) is 0 Å². The van der Waals surface area contributed by atoms with Gasteiger partial charge in [0.15, 0.2) is 0 Å². The van der Waals surface area contributed by atoms with Gasteiger partial charge < -0.3 is 10.1 Å². The van der Waals surface area contributed by atoms with Gasteiger partial charge in [0.25, 0.3) is 0 Å². The molecule has 2 aromatic heterocycles. The lowest BCUT2D eigenvalue weighted by Crippen LogP contribution is -1.96. The average Bonchev–Trinajstić information content (AvgIpc) is 2.97. The molecule has 2 aromatic rings. The van der Waals surface area contributed by atoms with Gasteiger partial charge >= 0.3 is 0 Å². The molecular formula is C11H13N3. The maximum atomic E-state index is 5.58. The summed E-state index contributed by atoms with van der Waals surface area (Å²) in [6.45, 7) is 0.585. The van der Waals surface area contributed by atoms with Crippen LogP contribution in [-0.2, 0) is 6.54 Å². The molecule has 1 aliphatic rings. The Bertz CT molecular complexity index is 468. The summed E-state index contributed by atoms with van der Waals surface area (Å²) in [4.78, 5) is 4.59. The SMILES string of the molecule is NCc1ccn2cc(C3CC3)nc2c1. The highest BCUT2D eigenvalue weighted by Crippen LogP contribution is 2.39. The summed E-state index contributed by atoms with van der Waals surface area (Å²) >= 11 is 0. The van der Waals surface area contributed by atoms with Crippen LogP contribution in [0.15, 0.2) is 24.5 Å². The van der Waals surface area contributed by atoms with Gasteiger partial charge in [0.1, 0.15) is 5.65 Å². The minimum Gasteiger partial charge on any atom is -0.326 e. The number of pyridine rings is 1. The van der Waals surface area contributed by atoms with Crippen molar-refractivity contribution >= 4 is 5.65 Å². The fourth-order valence-corrected chi connectivity index (χ4v) is 1.75. The van der Waals surface area contributed by atoms with Crippen LogP contribution in [-0.4, -0.2) is 9.38 Å². The maximum Gasteiger partial charge on any atom is 0.137 e. The van der Waals surface area contributed by atoms with Crippen molar-refractivity contribution in [2.75, 3.05) is 0 Å². The zero-order valence-electron chi connectivity index (χ0n) is 7.98. The Labute approximate surface area is 82.6 Å². The second-order valence-corrected chi connectivity index (χ2v) is 3.94. The van der Waals surface area contributed by atoms with Crippen LogP contribution in [0.25, 0.3) is 5.65 Å². The Morgan fingerprint density at radius 1 is 1.50 bits per heavy atom. The zero-order valence-corrected chi connectivity index (χ0v) is 7.98. The predicted molar refractivity (Wildman–Crippen MR) is 55.1 cm³/mol. The van der Waals surface area contributed by atoms with Crippen molar-refractivity contribution in [2.24, 2.45) is 5.73 Å². The summed E-state index contributed by atoms with van der Waals surface area (Å²) in [6, 6.07) is 4.11. The highest BCUT2D eigenvalue weighted by molar-refractivity contribution is 5.43. The molecule has 3 nitrogen and oxygen atoms in total. The molecule has 0 amide bonds. The van der Waals surface area contributed by atoms with Gasteiger partial charge in [-0.05, 0) is 30.5 Å². The molecule has 14 heavy (non-hydrogen) atoms. The third-order valence-electron chi connectivity index (χ3n) is 2.77. The molecule has 2 heterocycles. The van der Waals surface area contributed by atoms with Gasteiger partial charge in [0, 0.05) is 24.9 Å². The minimum absolute atomic E-state index is 0.585. The Morgan fingerprint density at radius 3 is 3.07 bits per heavy atom. The van der Waals surface area contributed by atoms with Gasteiger partial charge in [-0.2, -0.15) is 0 Å². The molecular weight excluding hydrogens is 174 g/mol. The third-order valence-corrected chi connectivity index (χ3v) is 2.77. The van der Waals surface area contributed by atoms with E-state index in [9.17, 15) is 0 Å². The fourth-order valence-electron chi connectivity index (χ4n) is 1.75. The number of nitrogens with zero attached hydrogens (tertiary/aromatic N) is 2. The lowest BCUT2D eigenvalue weighted by Gasteiger charge is -1.96. The second kappa shape index (κ2) is 2.82. The normalized spacial score (nSPS) is 16.4. The summed E-state index contributed by atoms with van der Waals surface area (Å²) in [5.74, 6) is 0.719. The molecule has 0 saturated heterocycles. The van der Waals surface area contributed by atoms with E-state index >= 15 is 0 Å². The van der Waals surface area contributed by atoms with E-state index in [0.29, 0.717) is 6.54 Å². The first-order valence-corrected chi connectivity index (χ1v) is 5.04. The van der Waals surface area contributed by atoms with Gasteiger partial charge in [-0.1, -0.05) is 0 Å². The van der Waals surface area contributed by atoms with E-state index in [2.05, 4.69) is 21.6 Å². The van der Waals surface area contributed by atoms with Gasteiger partial charge in [0.05, 0.1) is 5.69 Å². The van der Waals surface area contributed by atoms with Crippen LogP contribution < -0.4 is 5.73 Å². The van der Waals surface area contributed by atoms with Crippen LogP contribution in [0.1, 0.15) is 30.0 Å². The van der Waals surface area contributed by atoms with E-state index < -0.39 is 0 Å². The van der Waals surface area contributed by atoms with Crippen LogP contribution in [0.3, 0.4) is 0 Å². The molecule has 0 bridgehead atoms. The van der Waals surface area contributed by atoms with E-state index in [-0.39, 0.29) is 0 Å². The van der Waals surface area contributed by atoms with Crippen LogP contribution in [0.2, 0.25) is 0 Å². The van der Waals surface area contributed by atoms with Crippen LogP contribution >= 0.6 is 0 Å². The first-order chi connectivity index (χ1) is 6.86. The first-order valence-electron chi connectivity index (χ1n) is 5.04. The smallest absolute Gasteiger partial charge is 0.137 e. The van der Waals surface area contributed by atoms with Crippen LogP contribution in [0.4, 0.5) is 0 Å². The molecule has 1 fully saturated rings. The molecule has 0 radical (unpaired) electrons. The van der Waals surface area contributed by atoms with Crippen molar-refractivity contribution in [2.45, 2.75) is 25.3 Å². The Kier molecular flexibility index (Phi) is 1.61.